The number of hydrogen-bond acceptors (Lipinski definition) is 3. The molecule has 1 aromatic carbocycles. The van der Waals surface area contributed by atoms with Crippen LogP contribution in [-0.4, -0.2) is 44.7 Å². The predicted octanol–water partition coefficient (Wildman–Crippen LogP) is 3.37. The average Bonchev–Trinajstić information content (AvgIpc) is 3.26. The first-order valence-corrected chi connectivity index (χ1v) is 8.39. The van der Waals surface area contributed by atoms with Crippen LogP contribution >= 0.6 is 11.6 Å². The van der Waals surface area contributed by atoms with Gasteiger partial charge < -0.3 is 15.1 Å². The third-order valence-corrected chi connectivity index (χ3v) is 4.24. The second-order valence-corrected chi connectivity index (χ2v) is 6.58. The van der Waals surface area contributed by atoms with Crippen LogP contribution in [0.15, 0.2) is 18.2 Å². The Morgan fingerprint density at radius 1 is 1.24 bits per heavy atom. The van der Waals surface area contributed by atoms with Crippen LogP contribution in [-0.2, 0) is 6.54 Å². The summed E-state index contributed by atoms with van der Waals surface area (Å²) in [5, 5.41) is 4.40. The average molecular weight is 310 g/mol. The molecule has 118 valence electrons. The minimum absolute atomic E-state index is 0.738. The Hall–Kier alpha value is -0.770. The number of benzene rings is 1. The van der Waals surface area contributed by atoms with Crippen molar-refractivity contribution in [3.05, 3.63) is 28.8 Å². The van der Waals surface area contributed by atoms with Gasteiger partial charge in [0.2, 0.25) is 0 Å². The summed E-state index contributed by atoms with van der Waals surface area (Å²) < 4.78 is 0. The molecule has 0 unspecified atom stereocenters. The molecule has 0 aromatic heterocycles. The van der Waals surface area contributed by atoms with Crippen LogP contribution < -0.4 is 10.2 Å². The third kappa shape index (κ3) is 5.50. The molecule has 3 nitrogen and oxygen atoms in total. The fourth-order valence-electron chi connectivity index (χ4n) is 2.49. The molecule has 1 aromatic rings. The molecule has 1 N–H and O–H groups in total. The van der Waals surface area contributed by atoms with Gasteiger partial charge in [0.1, 0.15) is 0 Å². The second kappa shape index (κ2) is 8.02. The number of nitrogens with one attached hydrogen (secondary N) is 1. The molecular formula is C17H28ClN3. The van der Waals surface area contributed by atoms with Crippen molar-refractivity contribution in [1.82, 2.24) is 10.2 Å². The third-order valence-electron chi connectivity index (χ3n) is 3.94. The van der Waals surface area contributed by atoms with E-state index in [9.17, 15) is 0 Å². The van der Waals surface area contributed by atoms with Gasteiger partial charge in [-0.2, -0.15) is 0 Å². The lowest BCUT2D eigenvalue weighted by Gasteiger charge is -2.25. The molecule has 1 aliphatic rings. The Bertz CT molecular complexity index is 444. The summed E-state index contributed by atoms with van der Waals surface area (Å²) in [5.74, 6) is 0. The van der Waals surface area contributed by atoms with Gasteiger partial charge >= 0.3 is 0 Å². The van der Waals surface area contributed by atoms with Gasteiger partial charge in [-0.3, -0.25) is 0 Å². The Morgan fingerprint density at radius 3 is 2.57 bits per heavy atom. The topological polar surface area (TPSA) is 18.5 Å². The fraction of sp³-hybridized carbons (Fsp3) is 0.647. The molecule has 0 amide bonds. The molecule has 0 saturated heterocycles. The summed E-state index contributed by atoms with van der Waals surface area (Å²) in [6.45, 7) is 6.27. The van der Waals surface area contributed by atoms with Crippen molar-refractivity contribution >= 4 is 17.3 Å². The van der Waals surface area contributed by atoms with Crippen LogP contribution in [0.25, 0.3) is 0 Å². The van der Waals surface area contributed by atoms with Crippen molar-refractivity contribution in [2.24, 2.45) is 0 Å². The highest BCUT2D eigenvalue weighted by molar-refractivity contribution is 6.33. The van der Waals surface area contributed by atoms with E-state index in [2.05, 4.69) is 54.3 Å². The quantitative estimate of drug-likeness (QED) is 0.754. The van der Waals surface area contributed by atoms with E-state index < -0.39 is 0 Å². The normalized spacial score (nSPS) is 14.7. The summed E-state index contributed by atoms with van der Waals surface area (Å²) in [6, 6.07) is 7.22. The highest BCUT2D eigenvalue weighted by atomic mass is 35.5. The van der Waals surface area contributed by atoms with E-state index in [0.717, 1.165) is 49.4 Å². The van der Waals surface area contributed by atoms with Gasteiger partial charge in [0.05, 0.1) is 10.7 Å². The molecular weight excluding hydrogens is 282 g/mol. The molecule has 0 aliphatic heterocycles. The van der Waals surface area contributed by atoms with E-state index in [-0.39, 0.29) is 0 Å². The maximum absolute atomic E-state index is 6.50. The molecule has 0 spiro atoms. The lowest BCUT2D eigenvalue weighted by atomic mass is 10.2. The summed E-state index contributed by atoms with van der Waals surface area (Å²) >= 11 is 6.50. The van der Waals surface area contributed by atoms with Crippen molar-refractivity contribution < 1.29 is 0 Å². The lowest BCUT2D eigenvalue weighted by molar-refractivity contribution is 0.400. The van der Waals surface area contributed by atoms with Gasteiger partial charge in [-0.15, -0.1) is 0 Å². The van der Waals surface area contributed by atoms with Crippen LogP contribution in [0.4, 0.5) is 5.69 Å². The highest BCUT2D eigenvalue weighted by Crippen LogP contribution is 2.27. The van der Waals surface area contributed by atoms with E-state index in [1.54, 1.807) is 0 Å². The van der Waals surface area contributed by atoms with Crippen LogP contribution in [0, 0.1) is 0 Å². The summed E-state index contributed by atoms with van der Waals surface area (Å²) in [6.07, 6.45) is 3.80. The van der Waals surface area contributed by atoms with E-state index in [1.165, 1.54) is 18.4 Å². The maximum Gasteiger partial charge on any atom is 0.0642 e. The molecule has 0 heterocycles. The van der Waals surface area contributed by atoms with Gasteiger partial charge in [0.25, 0.3) is 0 Å². The molecule has 0 bridgehead atoms. The van der Waals surface area contributed by atoms with Crippen LogP contribution in [0.3, 0.4) is 0 Å². The maximum atomic E-state index is 6.50. The fourth-order valence-corrected chi connectivity index (χ4v) is 2.82. The number of anilines is 1. The number of hydrogen-bond donors (Lipinski definition) is 1. The SMILES string of the molecule is CCN(CCCN(C)C)c1ccc(CNC2CC2)cc1Cl. The molecule has 4 heteroatoms. The molecule has 0 atom stereocenters. The van der Waals surface area contributed by atoms with Gasteiger partial charge in [-0.05, 0) is 64.5 Å². The summed E-state index contributed by atoms with van der Waals surface area (Å²) in [4.78, 5) is 4.59. The standard InChI is InChI=1S/C17H28ClN3/c1-4-21(11-5-10-20(2)3)17-9-6-14(12-16(17)18)13-19-15-7-8-15/h6,9,12,15,19H,4-5,7-8,10-11,13H2,1-3H3. The molecule has 2 rings (SSSR count). The van der Waals surface area contributed by atoms with Crippen LogP contribution in [0.5, 0.6) is 0 Å². The second-order valence-electron chi connectivity index (χ2n) is 6.18. The van der Waals surface area contributed by atoms with Gasteiger partial charge in [-0.25, -0.2) is 0 Å². The van der Waals surface area contributed by atoms with Crippen molar-refractivity contribution in [2.75, 3.05) is 38.6 Å². The first kappa shape index (κ1) is 16.6. The Kier molecular flexibility index (Phi) is 6.34. The van der Waals surface area contributed by atoms with E-state index in [1.807, 2.05) is 0 Å². The van der Waals surface area contributed by atoms with Gasteiger partial charge in [-0.1, -0.05) is 17.7 Å². The van der Waals surface area contributed by atoms with E-state index in [4.69, 9.17) is 11.6 Å². The molecule has 1 saturated carbocycles. The molecule has 0 radical (unpaired) electrons. The first-order chi connectivity index (χ1) is 10.1. The molecule has 1 fully saturated rings. The van der Waals surface area contributed by atoms with E-state index >= 15 is 0 Å². The number of rotatable bonds is 9. The monoisotopic (exact) mass is 309 g/mol. The van der Waals surface area contributed by atoms with Gasteiger partial charge in [0, 0.05) is 25.7 Å². The smallest absolute Gasteiger partial charge is 0.0642 e. The number of halogens is 1. The zero-order valence-electron chi connectivity index (χ0n) is 13.5. The zero-order chi connectivity index (χ0) is 15.2. The minimum atomic E-state index is 0.738. The summed E-state index contributed by atoms with van der Waals surface area (Å²) in [7, 11) is 4.23. The lowest BCUT2D eigenvalue weighted by Crippen LogP contribution is -2.27. The van der Waals surface area contributed by atoms with Crippen molar-refractivity contribution in [1.29, 1.82) is 0 Å². The zero-order valence-corrected chi connectivity index (χ0v) is 14.3. The Labute approximate surface area is 134 Å². The predicted molar refractivity (Wildman–Crippen MR) is 92.4 cm³/mol. The highest BCUT2D eigenvalue weighted by Gasteiger charge is 2.20. The Balaban J connectivity index is 1.92. The van der Waals surface area contributed by atoms with Crippen LogP contribution in [0.1, 0.15) is 31.7 Å². The molecule has 21 heavy (non-hydrogen) atoms. The van der Waals surface area contributed by atoms with E-state index in [0.29, 0.717) is 0 Å². The first-order valence-electron chi connectivity index (χ1n) is 8.01. The van der Waals surface area contributed by atoms with Gasteiger partial charge in [0.15, 0.2) is 0 Å². The van der Waals surface area contributed by atoms with Crippen molar-refractivity contribution in [2.45, 2.75) is 38.8 Å². The Morgan fingerprint density at radius 2 is 2.00 bits per heavy atom. The van der Waals surface area contributed by atoms with Crippen molar-refractivity contribution in [3.8, 4) is 0 Å². The molecule has 1 aliphatic carbocycles. The number of nitrogens with zero attached hydrogens (tertiary/aromatic N) is 2. The largest absolute Gasteiger partial charge is 0.371 e. The minimum Gasteiger partial charge on any atom is -0.371 e. The van der Waals surface area contributed by atoms with Crippen LogP contribution in [0.2, 0.25) is 5.02 Å². The summed E-state index contributed by atoms with van der Waals surface area (Å²) in [5.41, 5.74) is 2.44. The van der Waals surface area contributed by atoms with Crippen molar-refractivity contribution in [3.63, 3.8) is 0 Å².